The van der Waals surface area contributed by atoms with E-state index in [9.17, 15) is 5.11 Å². The molecule has 4 heteroatoms. The van der Waals surface area contributed by atoms with Gasteiger partial charge in [0.2, 0.25) is 0 Å². The predicted octanol–water partition coefficient (Wildman–Crippen LogP) is 1.71. The normalized spacial score (nSPS) is 36.8. The van der Waals surface area contributed by atoms with E-state index in [4.69, 9.17) is 9.47 Å². The van der Waals surface area contributed by atoms with Gasteiger partial charge in [-0.3, -0.25) is 0 Å². The zero-order valence-corrected chi connectivity index (χ0v) is 12.3. The summed E-state index contributed by atoms with van der Waals surface area (Å²) in [4.78, 5) is 0. The number of nitrogens with one attached hydrogen (secondary N) is 1. The van der Waals surface area contributed by atoms with Crippen LogP contribution in [0.4, 0.5) is 0 Å². The first kappa shape index (κ1) is 15.2. The van der Waals surface area contributed by atoms with E-state index in [1.54, 1.807) is 7.11 Å². The molecule has 2 rings (SSSR count). The Bertz CT molecular complexity index is 256. The first-order chi connectivity index (χ1) is 9.19. The van der Waals surface area contributed by atoms with Crippen molar-refractivity contribution in [3.63, 3.8) is 0 Å². The molecule has 0 aliphatic heterocycles. The molecule has 2 saturated carbocycles. The molecule has 112 valence electrons. The molecule has 0 saturated heterocycles. The van der Waals surface area contributed by atoms with Gasteiger partial charge in [-0.1, -0.05) is 19.8 Å². The Labute approximate surface area is 116 Å². The molecule has 0 spiro atoms. The van der Waals surface area contributed by atoms with Crippen LogP contribution in [-0.4, -0.2) is 49.7 Å². The number of aliphatic hydroxyl groups excluding tert-OH is 1. The van der Waals surface area contributed by atoms with E-state index in [1.165, 1.54) is 19.3 Å². The van der Waals surface area contributed by atoms with Gasteiger partial charge in [0.1, 0.15) is 0 Å². The van der Waals surface area contributed by atoms with Crippen LogP contribution < -0.4 is 5.32 Å². The summed E-state index contributed by atoms with van der Waals surface area (Å²) < 4.78 is 11.1. The molecular formula is C15H29NO3. The summed E-state index contributed by atoms with van der Waals surface area (Å²) in [5.41, 5.74) is 0. The van der Waals surface area contributed by atoms with Gasteiger partial charge < -0.3 is 19.9 Å². The van der Waals surface area contributed by atoms with Crippen LogP contribution in [0, 0.1) is 5.92 Å². The molecule has 0 aromatic heterocycles. The molecule has 0 aromatic carbocycles. The fourth-order valence-corrected chi connectivity index (χ4v) is 3.05. The molecule has 0 amide bonds. The number of ether oxygens (including phenoxy) is 2. The zero-order chi connectivity index (χ0) is 13.7. The van der Waals surface area contributed by atoms with Crippen LogP contribution in [0.2, 0.25) is 0 Å². The van der Waals surface area contributed by atoms with Gasteiger partial charge in [-0.25, -0.2) is 0 Å². The summed E-state index contributed by atoms with van der Waals surface area (Å²) in [6.45, 7) is 3.35. The first-order valence-electron chi connectivity index (χ1n) is 7.75. The second-order valence-electron chi connectivity index (χ2n) is 6.22. The lowest BCUT2D eigenvalue weighted by molar-refractivity contribution is -0.0482. The van der Waals surface area contributed by atoms with E-state index in [1.807, 2.05) is 0 Å². The van der Waals surface area contributed by atoms with Gasteiger partial charge in [0.05, 0.1) is 24.9 Å². The maximum absolute atomic E-state index is 9.94. The second-order valence-corrected chi connectivity index (χ2v) is 6.22. The van der Waals surface area contributed by atoms with Gasteiger partial charge in [-0.15, -0.1) is 0 Å². The highest BCUT2D eigenvalue weighted by Crippen LogP contribution is 2.26. The molecule has 3 atom stereocenters. The Balaban J connectivity index is 1.53. The van der Waals surface area contributed by atoms with Crippen molar-refractivity contribution in [1.29, 1.82) is 0 Å². The highest BCUT2D eigenvalue weighted by atomic mass is 16.5. The monoisotopic (exact) mass is 271 g/mol. The van der Waals surface area contributed by atoms with Crippen molar-refractivity contribution < 1.29 is 14.6 Å². The molecule has 0 heterocycles. The quantitative estimate of drug-likeness (QED) is 0.740. The highest BCUT2D eigenvalue weighted by molar-refractivity contribution is 4.86. The van der Waals surface area contributed by atoms with Crippen molar-refractivity contribution in [2.24, 2.45) is 5.92 Å². The van der Waals surface area contributed by atoms with Crippen molar-refractivity contribution in [3.05, 3.63) is 0 Å². The average molecular weight is 271 g/mol. The van der Waals surface area contributed by atoms with E-state index in [0.29, 0.717) is 37.3 Å². The summed E-state index contributed by atoms with van der Waals surface area (Å²) >= 11 is 0. The van der Waals surface area contributed by atoms with Crippen LogP contribution in [0.1, 0.15) is 45.4 Å². The molecule has 4 nitrogen and oxygen atoms in total. The van der Waals surface area contributed by atoms with Gasteiger partial charge in [0.15, 0.2) is 0 Å². The van der Waals surface area contributed by atoms with Gasteiger partial charge in [0.25, 0.3) is 0 Å². The maximum Gasteiger partial charge on any atom is 0.0897 e. The first-order valence-corrected chi connectivity index (χ1v) is 7.75. The molecular weight excluding hydrogens is 242 g/mol. The van der Waals surface area contributed by atoms with Crippen molar-refractivity contribution in [2.45, 2.75) is 69.8 Å². The molecule has 2 aliphatic rings. The molecule has 0 bridgehead atoms. The Kier molecular flexibility index (Phi) is 6.07. The lowest BCUT2D eigenvalue weighted by Gasteiger charge is -2.35. The summed E-state index contributed by atoms with van der Waals surface area (Å²) in [5.74, 6) is 0.642. The van der Waals surface area contributed by atoms with E-state index in [-0.39, 0.29) is 0 Å². The van der Waals surface area contributed by atoms with Crippen molar-refractivity contribution >= 4 is 0 Å². The summed E-state index contributed by atoms with van der Waals surface area (Å²) in [7, 11) is 1.76. The van der Waals surface area contributed by atoms with Crippen LogP contribution >= 0.6 is 0 Å². The molecule has 2 aliphatic carbocycles. The van der Waals surface area contributed by atoms with Crippen LogP contribution in [0.3, 0.4) is 0 Å². The van der Waals surface area contributed by atoms with Crippen molar-refractivity contribution in [1.82, 2.24) is 5.32 Å². The van der Waals surface area contributed by atoms with Gasteiger partial charge in [0, 0.05) is 19.7 Å². The number of hydrogen-bond donors (Lipinski definition) is 2. The van der Waals surface area contributed by atoms with Crippen LogP contribution in [-0.2, 0) is 9.47 Å². The number of rotatable bonds is 7. The summed E-state index contributed by atoms with van der Waals surface area (Å²) in [6.07, 6.45) is 7.50. The standard InChI is InChI=1S/C15H29NO3/c1-11-5-3-4-6-15(11)19-10-13(17)9-16-12-7-14(8-12)18-2/h11-17H,3-10H2,1-2H3. The van der Waals surface area contributed by atoms with Crippen molar-refractivity contribution in [3.8, 4) is 0 Å². The maximum atomic E-state index is 9.94. The minimum atomic E-state index is -0.393. The summed E-state index contributed by atoms with van der Waals surface area (Å²) in [5, 5.41) is 13.3. The Morgan fingerprint density at radius 2 is 2.00 bits per heavy atom. The van der Waals surface area contributed by atoms with E-state index in [0.717, 1.165) is 19.3 Å². The Hall–Kier alpha value is -0.160. The predicted molar refractivity (Wildman–Crippen MR) is 75.2 cm³/mol. The number of hydrogen-bond acceptors (Lipinski definition) is 4. The third-order valence-electron chi connectivity index (χ3n) is 4.61. The topological polar surface area (TPSA) is 50.7 Å². The molecule has 2 N–H and O–H groups in total. The van der Waals surface area contributed by atoms with Gasteiger partial charge >= 0.3 is 0 Å². The van der Waals surface area contributed by atoms with E-state index in [2.05, 4.69) is 12.2 Å². The lowest BCUT2D eigenvalue weighted by Crippen LogP contribution is -2.48. The summed E-state index contributed by atoms with van der Waals surface area (Å²) in [6, 6.07) is 0.508. The van der Waals surface area contributed by atoms with E-state index >= 15 is 0 Å². The largest absolute Gasteiger partial charge is 0.389 e. The second kappa shape index (κ2) is 7.58. The van der Waals surface area contributed by atoms with Crippen molar-refractivity contribution in [2.75, 3.05) is 20.3 Å². The van der Waals surface area contributed by atoms with Crippen LogP contribution in [0.15, 0.2) is 0 Å². The smallest absolute Gasteiger partial charge is 0.0897 e. The molecule has 19 heavy (non-hydrogen) atoms. The van der Waals surface area contributed by atoms with Crippen LogP contribution in [0.5, 0.6) is 0 Å². The molecule has 0 radical (unpaired) electrons. The third-order valence-corrected chi connectivity index (χ3v) is 4.61. The Morgan fingerprint density at radius 3 is 2.68 bits per heavy atom. The average Bonchev–Trinajstić information content (AvgIpc) is 2.36. The Morgan fingerprint density at radius 1 is 1.26 bits per heavy atom. The fraction of sp³-hybridized carbons (Fsp3) is 1.00. The van der Waals surface area contributed by atoms with Gasteiger partial charge in [-0.2, -0.15) is 0 Å². The highest BCUT2D eigenvalue weighted by Gasteiger charge is 2.29. The fourth-order valence-electron chi connectivity index (χ4n) is 3.05. The minimum absolute atomic E-state index is 0.352. The molecule has 0 aromatic rings. The molecule has 3 unspecified atom stereocenters. The zero-order valence-electron chi connectivity index (χ0n) is 12.3. The van der Waals surface area contributed by atoms with E-state index < -0.39 is 6.10 Å². The number of methoxy groups -OCH3 is 1. The lowest BCUT2D eigenvalue weighted by atomic mass is 9.88. The van der Waals surface area contributed by atoms with Crippen LogP contribution in [0.25, 0.3) is 0 Å². The minimum Gasteiger partial charge on any atom is -0.389 e. The van der Waals surface area contributed by atoms with Gasteiger partial charge in [-0.05, 0) is 31.6 Å². The number of aliphatic hydroxyl groups is 1. The molecule has 2 fully saturated rings. The third kappa shape index (κ3) is 4.71. The SMILES string of the molecule is COC1CC(NCC(O)COC2CCCCC2C)C1.